The lowest BCUT2D eigenvalue weighted by Crippen LogP contribution is -2.44. The highest BCUT2D eigenvalue weighted by molar-refractivity contribution is 5.96. The van der Waals surface area contributed by atoms with Crippen molar-refractivity contribution in [3.05, 3.63) is 42.0 Å². The van der Waals surface area contributed by atoms with Crippen LogP contribution >= 0.6 is 12.4 Å². The lowest BCUT2D eigenvalue weighted by atomic mass is 9.84. The fourth-order valence-electron chi connectivity index (χ4n) is 3.31. The molecule has 1 aliphatic carbocycles. The third kappa shape index (κ3) is 3.94. The fourth-order valence-corrected chi connectivity index (χ4v) is 3.31. The number of hydrogen-bond acceptors (Lipinski definition) is 4. The molecule has 24 heavy (non-hydrogen) atoms. The molecule has 1 heterocycles. The summed E-state index contributed by atoms with van der Waals surface area (Å²) in [6.45, 7) is 2.58. The van der Waals surface area contributed by atoms with Gasteiger partial charge < -0.3 is 11.1 Å². The van der Waals surface area contributed by atoms with E-state index in [0.717, 1.165) is 30.5 Å². The zero-order valence-electron chi connectivity index (χ0n) is 13.8. The molecule has 0 radical (unpaired) electrons. The second-order valence-corrected chi connectivity index (χ2v) is 6.20. The van der Waals surface area contributed by atoms with E-state index >= 15 is 0 Å². The molecule has 0 bridgehead atoms. The van der Waals surface area contributed by atoms with Gasteiger partial charge in [0.2, 0.25) is 0 Å². The highest BCUT2D eigenvalue weighted by Crippen LogP contribution is 2.24. The second-order valence-electron chi connectivity index (χ2n) is 6.20. The number of amides is 1. The summed E-state index contributed by atoms with van der Waals surface area (Å²) in [5.74, 6) is 0.375. The van der Waals surface area contributed by atoms with Gasteiger partial charge in [0.1, 0.15) is 12.7 Å². The number of rotatable bonds is 4. The minimum absolute atomic E-state index is 0. The first-order valence-electron chi connectivity index (χ1n) is 8.15. The minimum Gasteiger partial charge on any atom is -0.349 e. The first kappa shape index (κ1) is 18.4. The van der Waals surface area contributed by atoms with Crippen LogP contribution < -0.4 is 11.1 Å². The van der Waals surface area contributed by atoms with Gasteiger partial charge in [0.25, 0.3) is 5.91 Å². The van der Waals surface area contributed by atoms with Crippen LogP contribution in [0.1, 0.15) is 41.6 Å². The number of nitrogens with zero attached hydrogens (tertiary/aromatic N) is 3. The number of aryl methyl sites for hydroxylation is 1. The van der Waals surface area contributed by atoms with E-state index < -0.39 is 0 Å². The van der Waals surface area contributed by atoms with Gasteiger partial charge in [0, 0.05) is 11.6 Å². The average molecular weight is 350 g/mol. The quantitative estimate of drug-likeness (QED) is 0.886. The van der Waals surface area contributed by atoms with Gasteiger partial charge in [0.15, 0.2) is 0 Å². The van der Waals surface area contributed by atoms with Gasteiger partial charge in [-0.25, -0.2) is 9.67 Å². The molecular weight excluding hydrogens is 326 g/mol. The Labute approximate surface area is 148 Å². The number of carbonyl (C=O) groups is 1. The van der Waals surface area contributed by atoms with E-state index in [0.29, 0.717) is 18.0 Å². The summed E-state index contributed by atoms with van der Waals surface area (Å²) in [7, 11) is 0. The predicted molar refractivity (Wildman–Crippen MR) is 95.6 cm³/mol. The Morgan fingerprint density at radius 3 is 2.83 bits per heavy atom. The maximum Gasteiger partial charge on any atom is 0.251 e. The van der Waals surface area contributed by atoms with Gasteiger partial charge >= 0.3 is 0 Å². The van der Waals surface area contributed by atoms with Crippen molar-refractivity contribution >= 4 is 18.3 Å². The summed E-state index contributed by atoms with van der Waals surface area (Å²) >= 11 is 0. The molecule has 130 valence electrons. The second kappa shape index (κ2) is 8.26. The molecule has 1 aromatic heterocycles. The largest absolute Gasteiger partial charge is 0.349 e. The Morgan fingerprint density at radius 1 is 1.38 bits per heavy atom. The fraction of sp³-hybridized carbons (Fsp3) is 0.471. The van der Waals surface area contributed by atoms with Crippen LogP contribution in [0.3, 0.4) is 0 Å². The number of halogens is 1. The Bertz CT molecular complexity index is 674. The molecule has 3 rings (SSSR count). The van der Waals surface area contributed by atoms with Crippen molar-refractivity contribution in [2.75, 3.05) is 6.54 Å². The van der Waals surface area contributed by atoms with E-state index in [9.17, 15) is 4.79 Å². The van der Waals surface area contributed by atoms with Crippen molar-refractivity contribution in [1.29, 1.82) is 0 Å². The molecule has 0 aliphatic heterocycles. The highest BCUT2D eigenvalue weighted by atomic mass is 35.5. The number of nitrogens with one attached hydrogen (secondary N) is 1. The topological polar surface area (TPSA) is 85.8 Å². The van der Waals surface area contributed by atoms with Crippen molar-refractivity contribution in [2.24, 2.45) is 11.7 Å². The van der Waals surface area contributed by atoms with E-state index in [2.05, 4.69) is 15.4 Å². The molecule has 1 aliphatic rings. The highest BCUT2D eigenvalue weighted by Gasteiger charge is 2.26. The van der Waals surface area contributed by atoms with Crippen molar-refractivity contribution in [3.63, 3.8) is 0 Å². The maximum absolute atomic E-state index is 12.6. The molecule has 7 heteroatoms. The van der Waals surface area contributed by atoms with Crippen molar-refractivity contribution in [3.8, 4) is 5.69 Å². The predicted octanol–water partition coefficient (Wildman–Crippen LogP) is 2.24. The molecule has 1 saturated carbocycles. The lowest BCUT2D eigenvalue weighted by Gasteiger charge is -2.31. The molecule has 3 N–H and O–H groups in total. The smallest absolute Gasteiger partial charge is 0.251 e. The van der Waals surface area contributed by atoms with E-state index in [1.807, 2.05) is 25.1 Å². The van der Waals surface area contributed by atoms with E-state index in [-0.39, 0.29) is 24.4 Å². The molecule has 2 unspecified atom stereocenters. The molecule has 1 aromatic carbocycles. The Balaban J connectivity index is 0.00000208. The molecule has 0 saturated heterocycles. The van der Waals surface area contributed by atoms with Gasteiger partial charge in [0.05, 0.1) is 5.69 Å². The van der Waals surface area contributed by atoms with Crippen molar-refractivity contribution in [1.82, 2.24) is 20.1 Å². The summed E-state index contributed by atoms with van der Waals surface area (Å²) in [6, 6.07) is 5.88. The molecule has 0 spiro atoms. The van der Waals surface area contributed by atoms with Gasteiger partial charge in [-0.2, -0.15) is 5.10 Å². The van der Waals surface area contributed by atoms with Crippen LogP contribution in [0.2, 0.25) is 0 Å². The van der Waals surface area contributed by atoms with Crippen LogP contribution in [-0.4, -0.2) is 33.3 Å². The van der Waals surface area contributed by atoms with Gasteiger partial charge in [-0.1, -0.05) is 12.8 Å². The van der Waals surface area contributed by atoms with E-state index in [1.165, 1.54) is 12.7 Å². The Kier molecular flexibility index (Phi) is 6.34. The molecular formula is C17H24ClN5O. The zero-order chi connectivity index (χ0) is 16.2. The summed E-state index contributed by atoms with van der Waals surface area (Å²) in [6.07, 6.45) is 7.62. The van der Waals surface area contributed by atoms with Crippen LogP contribution in [0.5, 0.6) is 0 Å². The Hall–Kier alpha value is -1.92. The normalized spacial score (nSPS) is 20.2. The van der Waals surface area contributed by atoms with Crippen LogP contribution in [-0.2, 0) is 0 Å². The molecule has 2 atom stereocenters. The number of aromatic nitrogens is 3. The Morgan fingerprint density at radius 2 is 2.17 bits per heavy atom. The van der Waals surface area contributed by atoms with Gasteiger partial charge in [-0.15, -0.1) is 12.4 Å². The zero-order valence-corrected chi connectivity index (χ0v) is 14.6. The summed E-state index contributed by atoms with van der Waals surface area (Å²) in [4.78, 5) is 16.5. The molecule has 1 amide bonds. The average Bonchev–Trinajstić information content (AvgIpc) is 3.09. The maximum atomic E-state index is 12.6. The summed E-state index contributed by atoms with van der Waals surface area (Å²) < 4.78 is 1.68. The standard InChI is InChI=1S/C17H23N5O.ClH/c1-12-8-14(22-11-19-10-20-22)6-7-15(12)17(23)21-16-5-3-2-4-13(16)9-18;/h6-8,10-11,13,16H,2-5,9,18H2,1H3,(H,21,23);1H. The number of carbonyl (C=O) groups excluding carboxylic acids is 1. The molecule has 6 nitrogen and oxygen atoms in total. The third-order valence-electron chi connectivity index (χ3n) is 4.67. The number of nitrogens with two attached hydrogens (primary N) is 1. The lowest BCUT2D eigenvalue weighted by molar-refractivity contribution is 0.0907. The summed E-state index contributed by atoms with van der Waals surface area (Å²) in [5, 5.41) is 7.29. The SMILES string of the molecule is Cc1cc(-n2cncn2)ccc1C(=O)NC1CCCCC1CN.Cl. The number of benzene rings is 1. The van der Waals surface area contributed by atoms with Gasteiger partial charge in [-0.3, -0.25) is 4.79 Å². The van der Waals surface area contributed by atoms with Crippen molar-refractivity contribution < 1.29 is 4.79 Å². The van der Waals surface area contributed by atoms with Crippen LogP contribution in [0.4, 0.5) is 0 Å². The molecule has 1 fully saturated rings. The first-order valence-corrected chi connectivity index (χ1v) is 8.15. The molecule has 2 aromatic rings. The van der Waals surface area contributed by atoms with Crippen LogP contribution in [0.25, 0.3) is 5.69 Å². The van der Waals surface area contributed by atoms with E-state index in [1.54, 1.807) is 11.0 Å². The first-order chi connectivity index (χ1) is 11.2. The summed E-state index contributed by atoms with van der Waals surface area (Å²) in [5.41, 5.74) is 8.37. The van der Waals surface area contributed by atoms with Crippen LogP contribution in [0.15, 0.2) is 30.9 Å². The third-order valence-corrected chi connectivity index (χ3v) is 4.67. The van der Waals surface area contributed by atoms with Crippen LogP contribution in [0, 0.1) is 12.8 Å². The number of hydrogen-bond donors (Lipinski definition) is 2. The minimum atomic E-state index is -0.0157. The van der Waals surface area contributed by atoms with E-state index in [4.69, 9.17) is 5.73 Å². The monoisotopic (exact) mass is 349 g/mol. The van der Waals surface area contributed by atoms with Gasteiger partial charge in [-0.05, 0) is 56.0 Å². The van der Waals surface area contributed by atoms with Crippen molar-refractivity contribution in [2.45, 2.75) is 38.6 Å².